The van der Waals surface area contributed by atoms with Crippen LogP contribution in [0.3, 0.4) is 0 Å². The Morgan fingerprint density at radius 2 is 1.73 bits per heavy atom. The molecule has 2 heterocycles. The van der Waals surface area contributed by atoms with Crippen LogP contribution in [0.1, 0.15) is 40.2 Å². The number of anilines is 2. The predicted molar refractivity (Wildman–Crippen MR) is 187 cm³/mol. The Hall–Kier alpha value is -3.84. The van der Waals surface area contributed by atoms with Gasteiger partial charge in [0, 0.05) is 59.9 Å². The second-order valence-corrected chi connectivity index (χ2v) is 15.3. The molecule has 12 heteroatoms. The van der Waals surface area contributed by atoms with Gasteiger partial charge in [-0.3, -0.25) is 4.90 Å². The van der Waals surface area contributed by atoms with E-state index in [1.165, 1.54) is 11.3 Å². The van der Waals surface area contributed by atoms with Crippen molar-refractivity contribution in [2.75, 3.05) is 23.3 Å². The van der Waals surface area contributed by atoms with Gasteiger partial charge in [0.1, 0.15) is 5.01 Å². The maximum Gasteiger partial charge on any atom is 0.324 e. The molecule has 236 valence electrons. The summed E-state index contributed by atoms with van der Waals surface area (Å²) >= 11 is 6.75. The first-order valence-corrected chi connectivity index (χ1v) is 17.4. The van der Waals surface area contributed by atoms with Crippen LogP contribution >= 0.6 is 23.6 Å². The number of carbonyl (C=O) groups excluding carboxylic acids is 1. The van der Waals surface area contributed by atoms with Crippen molar-refractivity contribution in [1.29, 1.82) is 0 Å². The van der Waals surface area contributed by atoms with E-state index < -0.39 is 15.6 Å². The van der Waals surface area contributed by atoms with Gasteiger partial charge in [-0.25, -0.2) is 22.9 Å². The minimum Gasteiger partial charge on any atom is -0.360 e. The molecule has 1 saturated heterocycles. The lowest BCUT2D eigenvalue weighted by molar-refractivity contribution is 0.219. The molecular formula is C33H38N6O3S3. The Morgan fingerprint density at radius 1 is 1.02 bits per heavy atom. The SMILES string of the molecule is CC(C)NC(=S)Nc1ccc(-c2ncc(-c3ccc(N4CCN(Cc5ccccc5)C4=O)cc3S(=O)(=O)NC(C)(C)C)s2)cc1. The second kappa shape index (κ2) is 13.3. The smallest absolute Gasteiger partial charge is 0.324 e. The topological polar surface area (TPSA) is 107 Å². The molecule has 0 spiro atoms. The van der Waals surface area contributed by atoms with Gasteiger partial charge in [-0.2, -0.15) is 0 Å². The predicted octanol–water partition coefficient (Wildman–Crippen LogP) is 6.69. The molecule has 1 aromatic heterocycles. The molecule has 0 unspecified atom stereocenters. The summed E-state index contributed by atoms with van der Waals surface area (Å²) in [6.45, 7) is 10.9. The maximum atomic E-state index is 13.8. The number of rotatable bonds is 9. The first kappa shape index (κ1) is 32.6. The number of sulfonamides is 1. The van der Waals surface area contributed by atoms with Gasteiger partial charge in [0.2, 0.25) is 10.0 Å². The molecule has 0 radical (unpaired) electrons. The van der Waals surface area contributed by atoms with Crippen LogP contribution in [-0.4, -0.2) is 54.1 Å². The Labute approximate surface area is 274 Å². The van der Waals surface area contributed by atoms with Gasteiger partial charge < -0.3 is 15.5 Å². The Kier molecular flexibility index (Phi) is 9.59. The minimum absolute atomic E-state index is 0.102. The lowest BCUT2D eigenvalue weighted by Gasteiger charge is -2.23. The molecule has 1 fully saturated rings. The summed E-state index contributed by atoms with van der Waals surface area (Å²) in [5, 5.41) is 7.63. The third-order valence-corrected chi connectivity index (χ3v) is 10.00. The number of nitrogens with one attached hydrogen (secondary N) is 3. The van der Waals surface area contributed by atoms with E-state index in [1.807, 2.05) is 74.5 Å². The van der Waals surface area contributed by atoms with E-state index in [1.54, 1.807) is 48.9 Å². The third-order valence-electron chi connectivity index (χ3n) is 6.90. The fourth-order valence-corrected chi connectivity index (χ4v) is 8.03. The molecule has 45 heavy (non-hydrogen) atoms. The van der Waals surface area contributed by atoms with Gasteiger partial charge in [0.05, 0.1) is 9.77 Å². The Balaban J connectivity index is 1.43. The number of benzene rings is 3. The number of aromatic nitrogens is 1. The first-order valence-electron chi connectivity index (χ1n) is 14.7. The molecule has 0 aliphatic carbocycles. The van der Waals surface area contributed by atoms with Gasteiger partial charge in [-0.05, 0) is 88.8 Å². The van der Waals surface area contributed by atoms with Crippen LogP contribution in [0.5, 0.6) is 0 Å². The summed E-state index contributed by atoms with van der Waals surface area (Å²) in [7, 11) is -3.96. The van der Waals surface area contributed by atoms with Crippen LogP contribution in [0.2, 0.25) is 0 Å². The zero-order chi connectivity index (χ0) is 32.4. The van der Waals surface area contributed by atoms with Crippen molar-refractivity contribution < 1.29 is 13.2 Å². The summed E-state index contributed by atoms with van der Waals surface area (Å²) in [6.07, 6.45) is 1.70. The normalized spacial score (nSPS) is 13.9. The second-order valence-electron chi connectivity index (χ2n) is 12.2. The van der Waals surface area contributed by atoms with Gasteiger partial charge in [-0.15, -0.1) is 11.3 Å². The maximum absolute atomic E-state index is 13.8. The van der Waals surface area contributed by atoms with Crippen molar-refractivity contribution in [2.45, 2.75) is 57.6 Å². The van der Waals surface area contributed by atoms with Gasteiger partial charge >= 0.3 is 6.03 Å². The van der Waals surface area contributed by atoms with Crippen LogP contribution < -0.4 is 20.3 Å². The number of thiazole rings is 1. The largest absolute Gasteiger partial charge is 0.360 e. The number of hydrogen-bond donors (Lipinski definition) is 3. The fraction of sp³-hybridized carbons (Fsp3) is 0.303. The highest BCUT2D eigenvalue weighted by molar-refractivity contribution is 7.89. The molecule has 9 nitrogen and oxygen atoms in total. The lowest BCUT2D eigenvalue weighted by atomic mass is 10.1. The standard InChI is InChI=1S/C33H38N6O3S3/c1-22(2)35-31(43)36-25-13-11-24(12-14-25)30-34-20-28(44-30)27-16-15-26(19-29(27)45(41,42)37-33(3,4)5)39-18-17-38(32(39)40)21-23-9-7-6-8-10-23/h6-16,19-20,22,37H,17-18,21H2,1-5H3,(H2,35,36,43). The summed E-state index contributed by atoms with van der Waals surface area (Å²) < 4.78 is 30.4. The number of amides is 2. The molecular weight excluding hydrogens is 625 g/mol. The molecule has 5 rings (SSSR count). The van der Waals surface area contributed by atoms with Gasteiger partial charge in [0.25, 0.3) is 0 Å². The van der Waals surface area contributed by atoms with Crippen molar-refractivity contribution in [1.82, 2.24) is 19.9 Å². The summed E-state index contributed by atoms with van der Waals surface area (Å²) in [5.41, 5.74) is 3.14. The molecule has 1 aliphatic rings. The average molecular weight is 663 g/mol. The van der Waals surface area contributed by atoms with E-state index in [9.17, 15) is 13.2 Å². The van der Waals surface area contributed by atoms with Crippen molar-refractivity contribution in [3.63, 3.8) is 0 Å². The Bertz CT molecular complexity index is 1780. The van der Waals surface area contributed by atoms with Crippen molar-refractivity contribution in [3.8, 4) is 21.0 Å². The van der Waals surface area contributed by atoms with E-state index in [0.717, 1.165) is 21.8 Å². The van der Waals surface area contributed by atoms with Gasteiger partial charge in [0.15, 0.2) is 5.11 Å². The minimum atomic E-state index is -3.96. The zero-order valence-electron chi connectivity index (χ0n) is 26.0. The van der Waals surface area contributed by atoms with E-state index in [-0.39, 0.29) is 17.0 Å². The number of thiocarbonyl (C=S) groups is 1. The summed E-state index contributed by atoms with van der Waals surface area (Å²) in [4.78, 5) is 22.3. The lowest BCUT2D eigenvalue weighted by Crippen LogP contribution is -2.40. The van der Waals surface area contributed by atoms with E-state index in [4.69, 9.17) is 12.2 Å². The average Bonchev–Trinajstić information content (AvgIpc) is 3.59. The molecule has 2 amide bonds. The van der Waals surface area contributed by atoms with Crippen molar-refractivity contribution >= 4 is 56.1 Å². The third kappa shape index (κ3) is 8.06. The highest BCUT2D eigenvalue weighted by Crippen LogP contribution is 2.38. The van der Waals surface area contributed by atoms with Crippen LogP contribution in [0.15, 0.2) is 83.9 Å². The van der Waals surface area contributed by atoms with E-state index in [0.29, 0.717) is 40.9 Å². The fourth-order valence-electron chi connectivity index (χ4n) is 4.99. The van der Waals surface area contributed by atoms with Crippen LogP contribution in [-0.2, 0) is 16.6 Å². The quantitative estimate of drug-likeness (QED) is 0.172. The summed E-state index contributed by atoms with van der Waals surface area (Å²) in [6, 6.07) is 22.8. The zero-order valence-corrected chi connectivity index (χ0v) is 28.4. The molecule has 1 aliphatic heterocycles. The highest BCUT2D eigenvalue weighted by Gasteiger charge is 2.32. The first-order chi connectivity index (χ1) is 21.3. The summed E-state index contributed by atoms with van der Waals surface area (Å²) in [5.74, 6) is 0. The van der Waals surface area contributed by atoms with Crippen LogP contribution in [0.25, 0.3) is 21.0 Å². The molecule has 4 aromatic rings. The highest BCUT2D eigenvalue weighted by atomic mass is 32.2. The van der Waals surface area contributed by atoms with Crippen LogP contribution in [0, 0.1) is 0 Å². The monoisotopic (exact) mass is 662 g/mol. The molecule has 0 atom stereocenters. The molecule has 3 N–H and O–H groups in total. The number of urea groups is 1. The van der Waals surface area contributed by atoms with E-state index in [2.05, 4.69) is 20.3 Å². The number of hydrogen-bond acceptors (Lipinski definition) is 6. The van der Waals surface area contributed by atoms with Crippen LogP contribution in [0.4, 0.5) is 16.2 Å². The molecule has 0 bridgehead atoms. The molecule has 0 saturated carbocycles. The van der Waals surface area contributed by atoms with E-state index >= 15 is 0 Å². The number of nitrogens with zero attached hydrogens (tertiary/aromatic N) is 3. The number of carbonyl (C=O) groups is 1. The molecule has 3 aromatic carbocycles. The Morgan fingerprint density at radius 3 is 2.40 bits per heavy atom. The van der Waals surface area contributed by atoms with Gasteiger partial charge in [-0.1, -0.05) is 36.4 Å². The van der Waals surface area contributed by atoms with Crippen molar-refractivity contribution in [3.05, 3.63) is 84.6 Å². The van der Waals surface area contributed by atoms with Crippen molar-refractivity contribution in [2.24, 2.45) is 0 Å².